The number of hydrogen-bond acceptors (Lipinski definition) is 4. The van der Waals surface area contributed by atoms with Gasteiger partial charge in [0.25, 0.3) is 0 Å². The highest BCUT2D eigenvalue weighted by molar-refractivity contribution is 5.80. The summed E-state index contributed by atoms with van der Waals surface area (Å²) in [6.45, 7) is 11.4. The molecule has 5 heteroatoms. The molecule has 188 valence electrons. The largest absolute Gasteiger partial charge is 0.298 e. The van der Waals surface area contributed by atoms with Crippen molar-refractivity contribution in [2.45, 2.75) is 70.0 Å². The summed E-state index contributed by atoms with van der Waals surface area (Å²) in [5.41, 5.74) is 7.19. The third kappa shape index (κ3) is 5.63. The SMILES string of the molecule is C=CCN1CCC2CCCC(C1)N2C(C1=CCC(C(=O)NN2CCCC2)C=C1)c1cccc(C)c1. The molecule has 1 aliphatic carbocycles. The molecular weight excluding hydrogens is 432 g/mol. The second-order valence-corrected chi connectivity index (χ2v) is 10.9. The predicted molar refractivity (Wildman–Crippen MR) is 143 cm³/mol. The van der Waals surface area contributed by atoms with Gasteiger partial charge in [-0.05, 0) is 56.6 Å². The number of hydrogen-bond donors (Lipinski definition) is 1. The van der Waals surface area contributed by atoms with E-state index in [-0.39, 0.29) is 17.9 Å². The van der Waals surface area contributed by atoms with E-state index in [9.17, 15) is 4.79 Å². The van der Waals surface area contributed by atoms with Crippen LogP contribution in [-0.2, 0) is 4.79 Å². The molecular formula is C30H42N4O. The van der Waals surface area contributed by atoms with E-state index >= 15 is 0 Å². The minimum absolute atomic E-state index is 0.0794. The van der Waals surface area contributed by atoms with Crippen molar-refractivity contribution in [3.8, 4) is 0 Å². The maximum atomic E-state index is 12.9. The van der Waals surface area contributed by atoms with Crippen LogP contribution in [0.15, 0.2) is 60.7 Å². The first kappa shape index (κ1) is 24.5. The number of amides is 1. The van der Waals surface area contributed by atoms with Crippen molar-refractivity contribution in [3.63, 3.8) is 0 Å². The van der Waals surface area contributed by atoms with Gasteiger partial charge in [0.05, 0.1) is 12.0 Å². The molecule has 4 atom stereocenters. The van der Waals surface area contributed by atoms with E-state index in [4.69, 9.17) is 0 Å². The molecule has 1 amide bonds. The number of carbonyl (C=O) groups is 1. The Bertz CT molecular complexity index is 963. The third-order valence-corrected chi connectivity index (χ3v) is 8.36. The lowest BCUT2D eigenvalue weighted by Crippen LogP contribution is -2.50. The quantitative estimate of drug-likeness (QED) is 0.577. The number of piperidine rings is 1. The molecule has 35 heavy (non-hydrogen) atoms. The lowest BCUT2D eigenvalue weighted by Gasteiger charge is -2.46. The van der Waals surface area contributed by atoms with E-state index in [1.807, 2.05) is 0 Å². The number of rotatable bonds is 7. The Morgan fingerprint density at radius 1 is 1.14 bits per heavy atom. The molecule has 1 aromatic rings. The first-order valence-corrected chi connectivity index (χ1v) is 13.7. The van der Waals surface area contributed by atoms with Crippen LogP contribution in [0.25, 0.3) is 0 Å². The maximum Gasteiger partial charge on any atom is 0.241 e. The zero-order valence-corrected chi connectivity index (χ0v) is 21.4. The van der Waals surface area contributed by atoms with Gasteiger partial charge >= 0.3 is 0 Å². The predicted octanol–water partition coefficient (Wildman–Crippen LogP) is 4.78. The van der Waals surface area contributed by atoms with Gasteiger partial charge in [-0.15, -0.1) is 6.58 Å². The van der Waals surface area contributed by atoms with Crippen molar-refractivity contribution >= 4 is 5.91 Å². The molecule has 5 rings (SSSR count). The molecule has 1 aromatic carbocycles. The fraction of sp³-hybridized carbons (Fsp3) is 0.567. The normalized spacial score (nSPS) is 28.8. The monoisotopic (exact) mass is 474 g/mol. The fourth-order valence-corrected chi connectivity index (χ4v) is 6.63. The van der Waals surface area contributed by atoms with Crippen molar-refractivity contribution in [1.29, 1.82) is 0 Å². The molecule has 4 unspecified atom stereocenters. The summed E-state index contributed by atoms with van der Waals surface area (Å²) in [6, 6.07) is 10.5. The van der Waals surface area contributed by atoms with E-state index < -0.39 is 0 Å². The van der Waals surface area contributed by atoms with Crippen LogP contribution >= 0.6 is 0 Å². The highest BCUT2D eigenvalue weighted by atomic mass is 16.2. The molecule has 0 spiro atoms. The van der Waals surface area contributed by atoms with Gasteiger partial charge in [0.15, 0.2) is 0 Å². The second-order valence-electron chi connectivity index (χ2n) is 10.9. The molecule has 2 bridgehead atoms. The number of hydrazine groups is 1. The Hall–Kier alpha value is -2.21. The average molecular weight is 475 g/mol. The highest BCUT2D eigenvalue weighted by Gasteiger charge is 2.40. The molecule has 3 heterocycles. The minimum atomic E-state index is -0.0794. The van der Waals surface area contributed by atoms with Crippen LogP contribution in [-0.4, -0.2) is 65.5 Å². The molecule has 0 radical (unpaired) electrons. The van der Waals surface area contributed by atoms with Crippen LogP contribution in [0.5, 0.6) is 0 Å². The first-order chi connectivity index (χ1) is 17.1. The number of carbonyl (C=O) groups excluding carboxylic acids is 1. The van der Waals surface area contributed by atoms with E-state index in [1.54, 1.807) is 0 Å². The Morgan fingerprint density at radius 3 is 2.71 bits per heavy atom. The number of allylic oxidation sites excluding steroid dienone is 1. The Labute approximate surface area is 211 Å². The number of aryl methyl sites for hydroxylation is 1. The zero-order valence-electron chi connectivity index (χ0n) is 21.4. The number of nitrogens with one attached hydrogen (secondary N) is 1. The van der Waals surface area contributed by atoms with E-state index in [2.05, 4.69) is 82.3 Å². The smallest absolute Gasteiger partial charge is 0.241 e. The molecule has 4 aliphatic rings. The molecule has 0 saturated carbocycles. The third-order valence-electron chi connectivity index (χ3n) is 8.36. The van der Waals surface area contributed by atoms with Gasteiger partial charge in [-0.3, -0.25) is 20.0 Å². The minimum Gasteiger partial charge on any atom is -0.298 e. The van der Waals surface area contributed by atoms with Crippen molar-refractivity contribution < 1.29 is 4.79 Å². The van der Waals surface area contributed by atoms with Crippen molar-refractivity contribution in [3.05, 3.63) is 71.8 Å². The molecule has 3 aliphatic heterocycles. The highest BCUT2D eigenvalue weighted by Crippen LogP contribution is 2.41. The van der Waals surface area contributed by atoms with Gasteiger partial charge in [0.1, 0.15) is 0 Å². The first-order valence-electron chi connectivity index (χ1n) is 13.7. The topological polar surface area (TPSA) is 38.8 Å². The van der Waals surface area contributed by atoms with Crippen molar-refractivity contribution in [2.24, 2.45) is 5.92 Å². The zero-order chi connectivity index (χ0) is 24.2. The lowest BCUT2D eigenvalue weighted by molar-refractivity contribution is -0.128. The molecule has 1 N–H and O–H groups in total. The van der Waals surface area contributed by atoms with Crippen molar-refractivity contribution in [1.82, 2.24) is 20.2 Å². The number of fused-ring (bicyclic) bond motifs is 2. The van der Waals surface area contributed by atoms with Gasteiger partial charge in [-0.1, -0.05) is 60.6 Å². The van der Waals surface area contributed by atoms with Crippen LogP contribution in [0.1, 0.15) is 62.1 Å². The summed E-state index contributed by atoms with van der Waals surface area (Å²) in [6.07, 6.45) is 17.0. The summed E-state index contributed by atoms with van der Waals surface area (Å²) in [5.74, 6) is 0.0569. The Balaban J connectivity index is 1.40. The fourth-order valence-electron chi connectivity index (χ4n) is 6.63. The van der Waals surface area contributed by atoms with Gasteiger partial charge in [0.2, 0.25) is 5.91 Å². The standard InChI is InChI=1S/C30H42N4O/c1-3-17-32-20-16-27-10-7-11-28(22-32)34(27)29(26-9-6-8-23(2)21-26)24-12-14-25(15-13-24)30(35)31-33-18-4-5-19-33/h3,6,8-9,12-14,21,25,27-29H,1,4-5,7,10-11,15-20,22H2,2H3,(H,31,35). The van der Waals surface area contributed by atoms with Crippen LogP contribution in [0.3, 0.4) is 0 Å². The summed E-state index contributed by atoms with van der Waals surface area (Å²) >= 11 is 0. The van der Waals surface area contributed by atoms with Crippen molar-refractivity contribution in [2.75, 3.05) is 32.7 Å². The van der Waals surface area contributed by atoms with Gasteiger partial charge in [-0.2, -0.15) is 0 Å². The molecule has 3 saturated heterocycles. The Morgan fingerprint density at radius 2 is 1.97 bits per heavy atom. The molecule has 5 nitrogen and oxygen atoms in total. The number of benzene rings is 1. The molecule has 0 aromatic heterocycles. The summed E-state index contributed by atoms with van der Waals surface area (Å²) in [7, 11) is 0. The van der Waals surface area contributed by atoms with Crippen LogP contribution in [0, 0.1) is 12.8 Å². The average Bonchev–Trinajstić information content (AvgIpc) is 3.35. The maximum absolute atomic E-state index is 12.9. The lowest BCUT2D eigenvalue weighted by atomic mass is 9.84. The van der Waals surface area contributed by atoms with Gasteiger partial charge in [-0.25, -0.2) is 5.01 Å². The van der Waals surface area contributed by atoms with Crippen LogP contribution < -0.4 is 5.43 Å². The van der Waals surface area contributed by atoms with E-state index in [1.165, 1.54) is 55.2 Å². The second kappa shape index (κ2) is 11.2. The number of nitrogens with zero attached hydrogens (tertiary/aromatic N) is 3. The van der Waals surface area contributed by atoms with Crippen LogP contribution in [0.4, 0.5) is 0 Å². The molecule has 3 fully saturated rings. The summed E-state index contributed by atoms with van der Waals surface area (Å²) in [4.78, 5) is 18.3. The van der Waals surface area contributed by atoms with Gasteiger partial charge in [0, 0.05) is 44.8 Å². The van der Waals surface area contributed by atoms with Gasteiger partial charge < -0.3 is 0 Å². The summed E-state index contributed by atoms with van der Waals surface area (Å²) < 4.78 is 0. The summed E-state index contributed by atoms with van der Waals surface area (Å²) in [5, 5.41) is 2.08. The van der Waals surface area contributed by atoms with E-state index in [0.29, 0.717) is 12.1 Å². The van der Waals surface area contributed by atoms with E-state index in [0.717, 1.165) is 39.1 Å². The van der Waals surface area contributed by atoms with Crippen LogP contribution in [0.2, 0.25) is 0 Å². The Kier molecular flexibility index (Phi) is 7.86.